The van der Waals surface area contributed by atoms with Gasteiger partial charge in [-0.3, -0.25) is 13.9 Å². The molecule has 2 rings (SSSR count). The third-order valence-corrected chi connectivity index (χ3v) is 7.18. The monoisotopic (exact) mass is 601 g/mol. The van der Waals surface area contributed by atoms with Gasteiger partial charge in [0.15, 0.2) is 0 Å². The fraction of sp³-hybridized carbons (Fsp3) is 0.391. The van der Waals surface area contributed by atoms with Crippen molar-refractivity contribution >= 4 is 59.4 Å². The SMILES string of the molecule is CC(C)CNC(=O)[C@@H](C)N(Cc1cccc(Br)c1)C(=O)CN(c1ccccc1Br)S(C)(=O)=O. The molecule has 2 aromatic rings. The van der Waals surface area contributed by atoms with E-state index in [9.17, 15) is 18.0 Å². The van der Waals surface area contributed by atoms with Crippen LogP contribution in [0.15, 0.2) is 57.5 Å². The highest BCUT2D eigenvalue weighted by atomic mass is 79.9. The molecule has 0 saturated heterocycles. The highest BCUT2D eigenvalue weighted by Gasteiger charge is 2.30. The van der Waals surface area contributed by atoms with Gasteiger partial charge in [-0.25, -0.2) is 8.42 Å². The molecule has 0 aliphatic carbocycles. The number of sulfonamides is 1. The maximum Gasteiger partial charge on any atom is 0.244 e. The largest absolute Gasteiger partial charge is 0.354 e. The topological polar surface area (TPSA) is 86.8 Å². The number of para-hydroxylation sites is 1. The Bertz CT molecular complexity index is 1090. The van der Waals surface area contributed by atoms with Crippen LogP contribution in [0.4, 0.5) is 5.69 Å². The van der Waals surface area contributed by atoms with Gasteiger partial charge in [-0.15, -0.1) is 0 Å². The normalized spacial score (nSPS) is 12.3. The first-order valence-electron chi connectivity index (χ1n) is 10.4. The first kappa shape index (κ1) is 27.3. The molecule has 1 N–H and O–H groups in total. The van der Waals surface area contributed by atoms with Gasteiger partial charge in [-0.2, -0.15) is 0 Å². The number of rotatable bonds is 10. The molecule has 0 spiro atoms. The Hall–Kier alpha value is -1.91. The van der Waals surface area contributed by atoms with Gasteiger partial charge in [0.2, 0.25) is 21.8 Å². The first-order valence-corrected chi connectivity index (χ1v) is 13.9. The van der Waals surface area contributed by atoms with Gasteiger partial charge in [-0.05, 0) is 58.6 Å². The fourth-order valence-electron chi connectivity index (χ4n) is 3.12. The summed E-state index contributed by atoms with van der Waals surface area (Å²) in [6.07, 6.45) is 1.05. The van der Waals surface area contributed by atoms with Crippen LogP contribution in [-0.4, -0.2) is 50.5 Å². The van der Waals surface area contributed by atoms with Crippen LogP contribution < -0.4 is 9.62 Å². The van der Waals surface area contributed by atoms with E-state index in [1.165, 1.54) is 4.90 Å². The second-order valence-electron chi connectivity index (χ2n) is 8.19. The van der Waals surface area contributed by atoms with Crippen LogP contribution in [0.3, 0.4) is 0 Å². The van der Waals surface area contributed by atoms with Gasteiger partial charge >= 0.3 is 0 Å². The Morgan fingerprint density at radius 2 is 1.70 bits per heavy atom. The van der Waals surface area contributed by atoms with Crippen molar-refractivity contribution in [1.29, 1.82) is 0 Å². The number of hydrogen-bond acceptors (Lipinski definition) is 4. The molecule has 0 aromatic heterocycles. The number of halogens is 2. The van der Waals surface area contributed by atoms with E-state index in [0.29, 0.717) is 16.7 Å². The lowest BCUT2D eigenvalue weighted by Crippen LogP contribution is -2.51. The molecular formula is C23H29Br2N3O4S. The lowest BCUT2D eigenvalue weighted by Gasteiger charge is -2.32. The lowest BCUT2D eigenvalue weighted by molar-refractivity contribution is -0.139. The van der Waals surface area contributed by atoms with Crippen LogP contribution in [-0.2, 0) is 26.2 Å². The molecule has 0 fully saturated rings. The minimum atomic E-state index is -3.77. The molecule has 2 amide bonds. The molecule has 1 atom stereocenters. The third kappa shape index (κ3) is 8.12. The molecule has 7 nitrogen and oxygen atoms in total. The second-order valence-corrected chi connectivity index (χ2v) is 11.9. The van der Waals surface area contributed by atoms with E-state index in [1.54, 1.807) is 31.2 Å². The standard InChI is InChI=1S/C23H29Br2N3O4S/c1-16(2)13-26-23(30)17(3)27(14-18-8-7-9-19(24)12-18)22(29)15-28(33(4,31)32)21-11-6-5-10-20(21)25/h5-12,16-17H,13-15H2,1-4H3,(H,26,30)/t17-/m1/s1. The quantitative estimate of drug-likeness (QED) is 0.442. The van der Waals surface area contributed by atoms with Crippen LogP contribution in [0.2, 0.25) is 0 Å². The molecule has 0 unspecified atom stereocenters. The second kappa shape index (κ2) is 12.0. The van der Waals surface area contributed by atoms with Gasteiger partial charge in [0, 0.05) is 22.0 Å². The Kier molecular flexibility index (Phi) is 9.93. The van der Waals surface area contributed by atoms with Crippen molar-refractivity contribution in [3.8, 4) is 0 Å². The van der Waals surface area contributed by atoms with Gasteiger partial charge in [0.05, 0.1) is 11.9 Å². The predicted molar refractivity (Wildman–Crippen MR) is 138 cm³/mol. The first-order chi connectivity index (χ1) is 15.4. The predicted octanol–water partition coefficient (Wildman–Crippen LogP) is 4.17. The van der Waals surface area contributed by atoms with Gasteiger partial charge in [0.1, 0.15) is 12.6 Å². The summed E-state index contributed by atoms with van der Waals surface area (Å²) < 4.78 is 27.6. The summed E-state index contributed by atoms with van der Waals surface area (Å²) in [5.74, 6) is -0.520. The summed E-state index contributed by atoms with van der Waals surface area (Å²) in [6.45, 7) is 5.82. The number of nitrogens with one attached hydrogen (secondary N) is 1. The van der Waals surface area contributed by atoms with Crippen LogP contribution in [0.1, 0.15) is 26.3 Å². The van der Waals surface area contributed by atoms with Crippen LogP contribution in [0.25, 0.3) is 0 Å². The molecule has 0 heterocycles. The van der Waals surface area contributed by atoms with E-state index >= 15 is 0 Å². The number of anilines is 1. The van der Waals surface area contributed by atoms with E-state index in [4.69, 9.17) is 0 Å². The van der Waals surface area contributed by atoms with Crippen molar-refractivity contribution in [2.75, 3.05) is 23.7 Å². The highest BCUT2D eigenvalue weighted by Crippen LogP contribution is 2.28. The number of benzene rings is 2. The van der Waals surface area contributed by atoms with Crippen molar-refractivity contribution in [3.63, 3.8) is 0 Å². The van der Waals surface area contributed by atoms with Crippen LogP contribution in [0.5, 0.6) is 0 Å². The summed E-state index contributed by atoms with van der Waals surface area (Å²) in [7, 11) is -3.77. The number of carbonyl (C=O) groups is 2. The van der Waals surface area contributed by atoms with Crippen molar-refractivity contribution in [2.24, 2.45) is 5.92 Å². The number of nitrogens with zero attached hydrogens (tertiary/aromatic N) is 2. The van der Waals surface area contributed by atoms with E-state index in [2.05, 4.69) is 37.2 Å². The lowest BCUT2D eigenvalue weighted by atomic mass is 10.1. The molecule has 10 heteroatoms. The average molecular weight is 603 g/mol. The highest BCUT2D eigenvalue weighted by molar-refractivity contribution is 9.10. The molecule has 0 aliphatic rings. The molecule has 33 heavy (non-hydrogen) atoms. The Morgan fingerprint density at radius 1 is 1.03 bits per heavy atom. The van der Waals surface area contributed by atoms with E-state index in [-0.39, 0.29) is 18.4 Å². The molecule has 0 aliphatic heterocycles. The fourth-order valence-corrected chi connectivity index (χ4v) is 5.04. The average Bonchev–Trinajstić information content (AvgIpc) is 2.73. The molecule has 0 saturated carbocycles. The summed E-state index contributed by atoms with van der Waals surface area (Å²) in [6, 6.07) is 13.4. The van der Waals surface area contributed by atoms with Crippen LogP contribution in [0, 0.1) is 5.92 Å². The molecular weight excluding hydrogens is 574 g/mol. The molecule has 180 valence electrons. The molecule has 0 bridgehead atoms. The van der Waals surface area contributed by atoms with Crippen molar-refractivity contribution in [2.45, 2.75) is 33.4 Å². The zero-order valence-corrected chi connectivity index (χ0v) is 23.1. The van der Waals surface area contributed by atoms with E-state index in [0.717, 1.165) is 20.6 Å². The molecule has 2 aromatic carbocycles. The van der Waals surface area contributed by atoms with Gasteiger partial charge in [0.25, 0.3) is 0 Å². The maximum atomic E-state index is 13.5. The van der Waals surface area contributed by atoms with E-state index in [1.807, 2.05) is 38.1 Å². The summed E-state index contributed by atoms with van der Waals surface area (Å²) in [5, 5.41) is 2.86. The zero-order chi connectivity index (χ0) is 24.8. The minimum Gasteiger partial charge on any atom is -0.354 e. The Morgan fingerprint density at radius 3 is 2.27 bits per heavy atom. The van der Waals surface area contributed by atoms with Crippen LogP contribution >= 0.6 is 31.9 Å². The Balaban J connectivity index is 2.38. The summed E-state index contributed by atoms with van der Waals surface area (Å²) in [4.78, 5) is 27.7. The van der Waals surface area contributed by atoms with Crippen molar-refractivity contribution in [1.82, 2.24) is 10.2 Å². The number of amides is 2. The van der Waals surface area contributed by atoms with Crippen molar-refractivity contribution < 1.29 is 18.0 Å². The smallest absolute Gasteiger partial charge is 0.244 e. The van der Waals surface area contributed by atoms with Gasteiger partial charge in [-0.1, -0.05) is 54.0 Å². The van der Waals surface area contributed by atoms with Crippen molar-refractivity contribution in [3.05, 3.63) is 63.0 Å². The number of carbonyl (C=O) groups excluding carboxylic acids is 2. The zero-order valence-electron chi connectivity index (χ0n) is 19.1. The molecule has 0 radical (unpaired) electrons. The summed E-state index contributed by atoms with van der Waals surface area (Å²) >= 11 is 6.79. The van der Waals surface area contributed by atoms with Gasteiger partial charge < -0.3 is 10.2 Å². The van der Waals surface area contributed by atoms with E-state index < -0.39 is 28.5 Å². The maximum absolute atomic E-state index is 13.5. The third-order valence-electron chi connectivity index (χ3n) is 4.89. The Labute approximate surface area is 212 Å². The summed E-state index contributed by atoms with van der Waals surface area (Å²) in [5.41, 5.74) is 1.17. The number of hydrogen-bond donors (Lipinski definition) is 1. The minimum absolute atomic E-state index is 0.155.